The van der Waals surface area contributed by atoms with Crippen molar-refractivity contribution in [2.45, 2.75) is 18.7 Å². The van der Waals surface area contributed by atoms with Gasteiger partial charge in [0.2, 0.25) is 6.23 Å². The van der Waals surface area contributed by atoms with Crippen LogP contribution in [0.25, 0.3) is 0 Å². The van der Waals surface area contributed by atoms with Gasteiger partial charge in [-0.2, -0.15) is 5.10 Å². The van der Waals surface area contributed by atoms with E-state index >= 15 is 0 Å². The van der Waals surface area contributed by atoms with Gasteiger partial charge in [-0.25, -0.2) is 5.01 Å². The van der Waals surface area contributed by atoms with Crippen LogP contribution in [0.15, 0.2) is 84.0 Å². The number of nitrogens with zero attached hydrogens (tertiary/aromatic N) is 2. The van der Waals surface area contributed by atoms with Crippen molar-refractivity contribution in [2.24, 2.45) is 5.10 Å². The largest absolute Gasteiger partial charge is 0.464 e. The van der Waals surface area contributed by atoms with Crippen LogP contribution in [0.5, 0.6) is 5.75 Å². The van der Waals surface area contributed by atoms with Gasteiger partial charge in [0.15, 0.2) is 0 Å². The molecule has 0 spiro atoms. The Kier molecular flexibility index (Phi) is 3.68. The SMILES string of the molecule is Clc1ccccc1[C@H]1Oc2ccccc2[C@@H]2CC(c3ccccc3)=NN12. The molecule has 0 aromatic heterocycles. The zero-order valence-electron chi connectivity index (χ0n) is 14.0. The maximum Gasteiger partial charge on any atom is 0.215 e. The molecule has 2 atom stereocenters. The molecule has 0 bridgehead atoms. The molecule has 0 fully saturated rings. The number of hydrogen-bond donors (Lipinski definition) is 0. The van der Waals surface area contributed by atoms with Gasteiger partial charge in [0.1, 0.15) is 5.75 Å². The van der Waals surface area contributed by atoms with Gasteiger partial charge < -0.3 is 4.74 Å². The highest BCUT2D eigenvalue weighted by atomic mass is 35.5. The Morgan fingerprint density at radius 3 is 2.35 bits per heavy atom. The molecule has 2 heterocycles. The number of hydrazone groups is 1. The minimum absolute atomic E-state index is 0.149. The third-order valence-corrected chi connectivity index (χ3v) is 5.32. The van der Waals surface area contributed by atoms with Crippen molar-refractivity contribution in [1.29, 1.82) is 0 Å². The number of fused-ring (bicyclic) bond motifs is 3. The van der Waals surface area contributed by atoms with Crippen molar-refractivity contribution in [3.8, 4) is 5.75 Å². The topological polar surface area (TPSA) is 24.8 Å². The van der Waals surface area contributed by atoms with Crippen LogP contribution < -0.4 is 4.74 Å². The summed E-state index contributed by atoms with van der Waals surface area (Å²) >= 11 is 6.47. The maximum absolute atomic E-state index is 6.47. The van der Waals surface area contributed by atoms with Crippen LogP contribution in [0.4, 0.5) is 0 Å². The molecule has 128 valence electrons. The van der Waals surface area contributed by atoms with Gasteiger partial charge in [0.25, 0.3) is 0 Å². The third-order valence-electron chi connectivity index (χ3n) is 4.98. The summed E-state index contributed by atoms with van der Waals surface area (Å²) in [4.78, 5) is 0. The molecule has 0 aliphatic carbocycles. The van der Waals surface area contributed by atoms with Gasteiger partial charge in [-0.05, 0) is 17.7 Å². The van der Waals surface area contributed by atoms with Crippen LogP contribution in [0.2, 0.25) is 5.02 Å². The molecule has 0 amide bonds. The number of halogens is 1. The lowest BCUT2D eigenvalue weighted by Crippen LogP contribution is -2.33. The molecule has 0 radical (unpaired) electrons. The van der Waals surface area contributed by atoms with Crippen molar-refractivity contribution in [3.63, 3.8) is 0 Å². The molecule has 5 rings (SSSR count). The van der Waals surface area contributed by atoms with Crippen molar-refractivity contribution >= 4 is 17.3 Å². The van der Waals surface area contributed by atoms with Crippen molar-refractivity contribution in [2.75, 3.05) is 0 Å². The molecule has 2 aliphatic rings. The zero-order chi connectivity index (χ0) is 17.5. The number of rotatable bonds is 2. The predicted molar refractivity (Wildman–Crippen MR) is 103 cm³/mol. The first-order valence-corrected chi connectivity index (χ1v) is 9.10. The summed E-state index contributed by atoms with van der Waals surface area (Å²) in [6.07, 6.45) is 0.524. The minimum atomic E-state index is -0.329. The van der Waals surface area contributed by atoms with E-state index in [1.165, 1.54) is 5.56 Å². The molecule has 0 saturated heterocycles. The molecule has 3 aromatic rings. The Morgan fingerprint density at radius 1 is 0.846 bits per heavy atom. The van der Waals surface area contributed by atoms with Crippen LogP contribution in [-0.2, 0) is 0 Å². The predicted octanol–water partition coefficient (Wildman–Crippen LogP) is 5.58. The van der Waals surface area contributed by atoms with Crippen LogP contribution in [0, 0.1) is 0 Å². The smallest absolute Gasteiger partial charge is 0.215 e. The Balaban J connectivity index is 1.63. The maximum atomic E-state index is 6.47. The van der Waals surface area contributed by atoms with E-state index in [4.69, 9.17) is 21.4 Å². The summed E-state index contributed by atoms with van der Waals surface area (Å²) in [5.74, 6) is 0.906. The minimum Gasteiger partial charge on any atom is -0.464 e. The Morgan fingerprint density at radius 2 is 1.54 bits per heavy atom. The van der Waals surface area contributed by atoms with Gasteiger partial charge in [-0.15, -0.1) is 0 Å². The summed E-state index contributed by atoms with van der Waals surface area (Å²) < 4.78 is 6.33. The molecule has 0 N–H and O–H groups in total. The van der Waals surface area contributed by atoms with E-state index in [0.29, 0.717) is 5.02 Å². The summed E-state index contributed by atoms with van der Waals surface area (Å²) in [5, 5.41) is 7.70. The van der Waals surface area contributed by atoms with Gasteiger partial charge in [0, 0.05) is 22.6 Å². The van der Waals surface area contributed by atoms with Gasteiger partial charge in [0.05, 0.1) is 11.8 Å². The van der Waals surface area contributed by atoms with Crippen LogP contribution >= 0.6 is 11.6 Å². The second kappa shape index (κ2) is 6.19. The summed E-state index contributed by atoms with van der Waals surface area (Å²) in [6, 6.07) is 26.5. The lowest BCUT2D eigenvalue weighted by molar-refractivity contribution is -0.0189. The summed E-state index contributed by atoms with van der Waals surface area (Å²) in [7, 11) is 0. The fourth-order valence-corrected chi connectivity index (χ4v) is 3.95. The molecule has 3 aromatic carbocycles. The van der Waals surface area contributed by atoms with Crippen molar-refractivity contribution in [3.05, 3.63) is 101 Å². The second-order valence-electron chi connectivity index (χ2n) is 6.54. The molecule has 0 unspecified atom stereocenters. The summed E-state index contributed by atoms with van der Waals surface area (Å²) in [6.45, 7) is 0. The zero-order valence-corrected chi connectivity index (χ0v) is 14.8. The summed E-state index contributed by atoms with van der Waals surface area (Å²) in [5.41, 5.74) is 4.34. The van der Waals surface area contributed by atoms with Crippen molar-refractivity contribution in [1.82, 2.24) is 5.01 Å². The highest BCUT2D eigenvalue weighted by molar-refractivity contribution is 6.31. The first-order valence-electron chi connectivity index (χ1n) is 8.72. The average Bonchev–Trinajstić information content (AvgIpc) is 3.14. The normalized spacial score (nSPS) is 20.8. The van der Waals surface area contributed by atoms with Gasteiger partial charge in [-0.3, -0.25) is 0 Å². The number of benzene rings is 3. The molecular weight excluding hydrogens is 344 g/mol. The van der Waals surface area contributed by atoms with E-state index in [1.54, 1.807) is 0 Å². The highest BCUT2D eigenvalue weighted by Crippen LogP contribution is 2.48. The molecule has 0 saturated carbocycles. The monoisotopic (exact) mass is 360 g/mol. The van der Waals surface area contributed by atoms with Crippen LogP contribution in [0.3, 0.4) is 0 Å². The van der Waals surface area contributed by atoms with Gasteiger partial charge in [-0.1, -0.05) is 78.3 Å². The molecule has 3 nitrogen and oxygen atoms in total. The first-order chi connectivity index (χ1) is 12.8. The Labute approximate surface area is 157 Å². The third kappa shape index (κ3) is 2.47. The van der Waals surface area contributed by atoms with Crippen LogP contribution in [-0.4, -0.2) is 10.7 Å². The molecule has 4 heteroatoms. The Hall–Kier alpha value is -2.78. The Bertz CT molecular complexity index is 986. The van der Waals surface area contributed by atoms with Crippen molar-refractivity contribution < 1.29 is 4.74 Å². The molecular formula is C22H17ClN2O. The average molecular weight is 361 g/mol. The second-order valence-corrected chi connectivity index (χ2v) is 6.95. The highest BCUT2D eigenvalue weighted by Gasteiger charge is 2.41. The van der Waals surface area contributed by atoms with Gasteiger partial charge >= 0.3 is 0 Å². The van der Waals surface area contributed by atoms with Crippen LogP contribution in [0.1, 0.15) is 35.4 Å². The lowest BCUT2D eigenvalue weighted by Gasteiger charge is -2.38. The van der Waals surface area contributed by atoms with E-state index in [2.05, 4.69) is 29.3 Å². The molecule has 26 heavy (non-hydrogen) atoms. The van der Waals surface area contributed by atoms with E-state index < -0.39 is 0 Å². The van der Waals surface area contributed by atoms with E-state index in [0.717, 1.165) is 29.0 Å². The van der Waals surface area contributed by atoms with E-state index in [-0.39, 0.29) is 12.3 Å². The number of hydrogen-bond acceptors (Lipinski definition) is 3. The fourth-order valence-electron chi connectivity index (χ4n) is 3.72. The number of ether oxygens (including phenoxy) is 1. The number of para-hydroxylation sites is 1. The fraction of sp³-hybridized carbons (Fsp3) is 0.136. The first kappa shape index (κ1) is 15.5. The van der Waals surface area contributed by atoms with E-state index in [1.807, 2.05) is 54.6 Å². The standard InChI is InChI=1S/C22H17ClN2O/c23-18-12-6-4-10-16(18)22-25-20(17-11-5-7-13-21(17)26-22)14-19(24-25)15-8-2-1-3-9-15/h1-13,20,22H,14H2/t20-,22+/m0/s1. The molecule has 2 aliphatic heterocycles. The lowest BCUT2D eigenvalue weighted by atomic mass is 9.96. The quantitative estimate of drug-likeness (QED) is 0.595. The van der Waals surface area contributed by atoms with E-state index in [9.17, 15) is 0 Å².